The van der Waals surface area contributed by atoms with Gasteiger partial charge in [-0.25, -0.2) is 4.79 Å². The van der Waals surface area contributed by atoms with Crippen LogP contribution in [0.15, 0.2) is 29.6 Å². The summed E-state index contributed by atoms with van der Waals surface area (Å²) in [7, 11) is 0. The van der Waals surface area contributed by atoms with Crippen LogP contribution in [-0.2, 0) is 14.3 Å². The zero-order valence-electron chi connectivity index (χ0n) is 17.0. The molecule has 1 saturated heterocycles. The SMILES string of the molecule is CCOC(=O)C1CCN(C(=O)C(C)(C)NC(=O)Nc2ccc3sccc3c2)CC1. The van der Waals surface area contributed by atoms with Gasteiger partial charge in [-0.1, -0.05) is 0 Å². The molecule has 0 unspecified atom stereocenters. The lowest BCUT2D eigenvalue weighted by atomic mass is 9.94. The third kappa shape index (κ3) is 5.06. The molecule has 29 heavy (non-hydrogen) atoms. The fourth-order valence-corrected chi connectivity index (χ4v) is 4.29. The second kappa shape index (κ2) is 8.82. The van der Waals surface area contributed by atoms with Crippen molar-refractivity contribution in [3.63, 3.8) is 0 Å². The van der Waals surface area contributed by atoms with Gasteiger partial charge in [0.15, 0.2) is 0 Å². The summed E-state index contributed by atoms with van der Waals surface area (Å²) >= 11 is 1.64. The van der Waals surface area contributed by atoms with E-state index in [1.807, 2.05) is 29.6 Å². The maximum absolute atomic E-state index is 12.9. The van der Waals surface area contributed by atoms with E-state index < -0.39 is 11.6 Å². The highest BCUT2D eigenvalue weighted by molar-refractivity contribution is 7.17. The molecule has 3 rings (SSSR count). The van der Waals surface area contributed by atoms with Crippen LogP contribution in [0.25, 0.3) is 10.1 Å². The van der Waals surface area contributed by atoms with Crippen molar-refractivity contribution in [3.05, 3.63) is 29.6 Å². The van der Waals surface area contributed by atoms with Crippen molar-refractivity contribution >= 4 is 45.0 Å². The molecule has 1 aliphatic rings. The number of anilines is 1. The molecular formula is C21H27N3O4S. The van der Waals surface area contributed by atoms with Crippen molar-refractivity contribution in [3.8, 4) is 0 Å². The van der Waals surface area contributed by atoms with Crippen LogP contribution in [0.5, 0.6) is 0 Å². The van der Waals surface area contributed by atoms with E-state index in [1.54, 1.807) is 37.0 Å². The first-order valence-corrected chi connectivity index (χ1v) is 10.7. The number of nitrogens with zero attached hydrogens (tertiary/aromatic N) is 1. The molecule has 0 radical (unpaired) electrons. The van der Waals surface area contributed by atoms with Gasteiger partial charge in [0.2, 0.25) is 5.91 Å². The van der Waals surface area contributed by atoms with Crippen molar-refractivity contribution in [2.75, 3.05) is 25.0 Å². The molecule has 7 nitrogen and oxygen atoms in total. The molecule has 0 saturated carbocycles. The zero-order valence-corrected chi connectivity index (χ0v) is 17.8. The number of ether oxygens (including phenoxy) is 1. The summed E-state index contributed by atoms with van der Waals surface area (Å²) in [6.07, 6.45) is 1.15. The fourth-order valence-electron chi connectivity index (χ4n) is 3.52. The van der Waals surface area contributed by atoms with Gasteiger partial charge in [0.05, 0.1) is 12.5 Å². The number of carbonyl (C=O) groups excluding carboxylic acids is 3. The Hall–Kier alpha value is -2.61. The molecule has 1 aromatic carbocycles. The average molecular weight is 418 g/mol. The standard InChI is InChI=1S/C21H27N3O4S/c1-4-28-18(25)14-7-10-24(11-8-14)19(26)21(2,3)23-20(27)22-16-5-6-17-15(13-16)9-12-29-17/h5-6,9,12-14H,4,7-8,10-11H2,1-3H3,(H2,22,23,27). The quantitative estimate of drug-likeness (QED) is 0.728. The number of benzene rings is 1. The Kier molecular flexibility index (Phi) is 6.42. The summed E-state index contributed by atoms with van der Waals surface area (Å²) < 4.78 is 6.22. The van der Waals surface area contributed by atoms with Crippen molar-refractivity contribution in [2.24, 2.45) is 5.92 Å². The topological polar surface area (TPSA) is 87.7 Å². The highest BCUT2D eigenvalue weighted by Crippen LogP contribution is 2.24. The van der Waals surface area contributed by atoms with Gasteiger partial charge in [0.1, 0.15) is 5.54 Å². The van der Waals surface area contributed by atoms with Gasteiger partial charge in [-0.15, -0.1) is 11.3 Å². The number of fused-ring (bicyclic) bond motifs is 1. The van der Waals surface area contributed by atoms with E-state index >= 15 is 0 Å². The van der Waals surface area contributed by atoms with Crippen LogP contribution in [0.2, 0.25) is 0 Å². The van der Waals surface area contributed by atoms with E-state index in [0.717, 1.165) is 10.1 Å². The minimum Gasteiger partial charge on any atom is -0.466 e. The molecule has 2 aromatic rings. The number of esters is 1. The van der Waals surface area contributed by atoms with Gasteiger partial charge in [0.25, 0.3) is 0 Å². The third-order valence-corrected chi connectivity index (χ3v) is 5.97. The Morgan fingerprint density at radius 1 is 1.21 bits per heavy atom. The van der Waals surface area contributed by atoms with Crippen LogP contribution in [-0.4, -0.2) is 48.0 Å². The monoisotopic (exact) mass is 417 g/mol. The van der Waals surface area contributed by atoms with Gasteiger partial charge >= 0.3 is 12.0 Å². The summed E-state index contributed by atoms with van der Waals surface area (Å²) in [4.78, 5) is 38.9. The largest absolute Gasteiger partial charge is 0.466 e. The molecule has 0 bridgehead atoms. The lowest BCUT2D eigenvalue weighted by Gasteiger charge is -2.36. The molecule has 1 aromatic heterocycles. The maximum atomic E-state index is 12.9. The number of urea groups is 1. The molecule has 0 spiro atoms. The number of likely N-dealkylation sites (tertiary alicyclic amines) is 1. The Labute approximate surface area is 174 Å². The molecular weight excluding hydrogens is 390 g/mol. The minimum atomic E-state index is -1.06. The number of rotatable bonds is 5. The zero-order chi connectivity index (χ0) is 21.0. The molecule has 0 atom stereocenters. The second-order valence-corrected chi connectivity index (χ2v) is 8.64. The predicted octanol–water partition coefficient (Wildman–Crippen LogP) is 3.60. The number of hydrogen-bond acceptors (Lipinski definition) is 5. The minimum absolute atomic E-state index is 0.162. The molecule has 3 amide bonds. The summed E-state index contributed by atoms with van der Waals surface area (Å²) in [5.74, 6) is -0.521. The highest BCUT2D eigenvalue weighted by atomic mass is 32.1. The summed E-state index contributed by atoms with van der Waals surface area (Å²) in [5, 5.41) is 8.63. The number of thiophene rings is 1. The number of hydrogen-bond donors (Lipinski definition) is 2. The molecule has 1 fully saturated rings. The van der Waals surface area contributed by atoms with Crippen LogP contribution >= 0.6 is 11.3 Å². The Balaban J connectivity index is 1.54. The van der Waals surface area contributed by atoms with E-state index in [2.05, 4.69) is 10.6 Å². The second-order valence-electron chi connectivity index (χ2n) is 7.70. The van der Waals surface area contributed by atoms with Crippen molar-refractivity contribution in [2.45, 2.75) is 39.2 Å². The van der Waals surface area contributed by atoms with Crippen LogP contribution in [0.4, 0.5) is 10.5 Å². The van der Waals surface area contributed by atoms with Crippen LogP contribution < -0.4 is 10.6 Å². The predicted molar refractivity (Wildman–Crippen MR) is 114 cm³/mol. The summed E-state index contributed by atoms with van der Waals surface area (Å²) in [5.41, 5.74) is -0.389. The van der Waals surface area contributed by atoms with Gasteiger partial charge in [-0.2, -0.15) is 0 Å². The first kappa shape index (κ1) is 21.1. The molecule has 8 heteroatoms. The molecule has 1 aliphatic heterocycles. The Bertz CT molecular complexity index is 900. The number of amides is 3. The summed E-state index contributed by atoms with van der Waals surface area (Å²) in [6, 6.07) is 7.27. The van der Waals surface area contributed by atoms with Crippen LogP contribution in [0.1, 0.15) is 33.6 Å². The number of nitrogens with one attached hydrogen (secondary N) is 2. The number of carbonyl (C=O) groups is 3. The van der Waals surface area contributed by atoms with Crippen molar-refractivity contribution in [1.29, 1.82) is 0 Å². The van der Waals surface area contributed by atoms with E-state index in [-0.39, 0.29) is 17.8 Å². The van der Waals surface area contributed by atoms with Gasteiger partial charge in [-0.05, 0) is 68.6 Å². The molecule has 156 valence electrons. The van der Waals surface area contributed by atoms with E-state index in [0.29, 0.717) is 38.2 Å². The van der Waals surface area contributed by atoms with Crippen molar-refractivity contribution < 1.29 is 19.1 Å². The smallest absolute Gasteiger partial charge is 0.320 e. The van der Waals surface area contributed by atoms with Crippen LogP contribution in [0.3, 0.4) is 0 Å². The summed E-state index contributed by atoms with van der Waals surface area (Å²) in [6.45, 7) is 6.48. The Morgan fingerprint density at radius 2 is 1.93 bits per heavy atom. The van der Waals surface area contributed by atoms with Gasteiger partial charge in [0, 0.05) is 23.5 Å². The van der Waals surface area contributed by atoms with E-state index in [1.165, 1.54) is 0 Å². The Morgan fingerprint density at radius 3 is 2.62 bits per heavy atom. The lowest BCUT2D eigenvalue weighted by molar-refractivity contribution is -0.152. The fraction of sp³-hybridized carbons (Fsp3) is 0.476. The van der Waals surface area contributed by atoms with E-state index in [9.17, 15) is 14.4 Å². The third-order valence-electron chi connectivity index (χ3n) is 5.07. The van der Waals surface area contributed by atoms with Gasteiger partial charge < -0.3 is 20.3 Å². The molecule has 2 heterocycles. The lowest BCUT2D eigenvalue weighted by Crippen LogP contribution is -2.58. The highest BCUT2D eigenvalue weighted by Gasteiger charge is 2.36. The first-order chi connectivity index (χ1) is 13.8. The van der Waals surface area contributed by atoms with Crippen LogP contribution in [0, 0.1) is 5.92 Å². The number of piperidine rings is 1. The first-order valence-electron chi connectivity index (χ1n) is 9.82. The molecule has 0 aliphatic carbocycles. The molecule has 2 N–H and O–H groups in total. The maximum Gasteiger partial charge on any atom is 0.320 e. The average Bonchev–Trinajstić information content (AvgIpc) is 3.15. The normalized spacial score (nSPS) is 15.2. The van der Waals surface area contributed by atoms with E-state index in [4.69, 9.17) is 4.74 Å². The van der Waals surface area contributed by atoms with Crippen molar-refractivity contribution in [1.82, 2.24) is 10.2 Å². The van der Waals surface area contributed by atoms with Gasteiger partial charge in [-0.3, -0.25) is 9.59 Å².